The summed E-state index contributed by atoms with van der Waals surface area (Å²) >= 11 is 0.934. The Morgan fingerprint density at radius 3 is 2.72 bits per heavy atom. The van der Waals surface area contributed by atoms with E-state index in [0.717, 1.165) is 11.3 Å². The van der Waals surface area contributed by atoms with Crippen LogP contribution in [0.25, 0.3) is 0 Å². The van der Waals surface area contributed by atoms with Gasteiger partial charge in [0.05, 0.1) is 11.4 Å². The Labute approximate surface area is 106 Å². The summed E-state index contributed by atoms with van der Waals surface area (Å²) in [6.07, 6.45) is 0. The highest BCUT2D eigenvalue weighted by atomic mass is 32.1. The van der Waals surface area contributed by atoms with Gasteiger partial charge in [0.15, 0.2) is 0 Å². The van der Waals surface area contributed by atoms with Gasteiger partial charge in [-0.1, -0.05) is 5.16 Å². The first-order valence-electron chi connectivity index (χ1n) is 5.10. The molecule has 0 aliphatic carbocycles. The molecule has 1 amide bonds. The average Bonchev–Trinajstić information content (AvgIpc) is 2.94. The fraction of sp³-hybridized carbons (Fsp3) is 0.182. The fourth-order valence-electron chi connectivity index (χ4n) is 1.33. The molecule has 0 radical (unpaired) electrons. The van der Waals surface area contributed by atoms with E-state index in [0.29, 0.717) is 16.3 Å². The molecule has 0 saturated heterocycles. The normalized spacial score (nSPS) is 10.3. The summed E-state index contributed by atoms with van der Waals surface area (Å²) in [5.41, 5.74) is 0.621. The van der Waals surface area contributed by atoms with Gasteiger partial charge >= 0.3 is 5.97 Å². The molecule has 2 heterocycles. The molecule has 0 aliphatic rings. The highest BCUT2D eigenvalue weighted by Crippen LogP contribution is 2.16. The zero-order valence-electron chi connectivity index (χ0n) is 9.47. The van der Waals surface area contributed by atoms with Gasteiger partial charge in [-0.05, 0) is 19.1 Å². The van der Waals surface area contributed by atoms with Crippen molar-refractivity contribution < 1.29 is 19.2 Å². The Morgan fingerprint density at radius 2 is 2.17 bits per heavy atom. The number of amides is 1. The molecule has 0 aromatic carbocycles. The molecule has 2 rings (SSSR count). The summed E-state index contributed by atoms with van der Waals surface area (Å²) in [7, 11) is 0. The van der Waals surface area contributed by atoms with Crippen LogP contribution in [0.2, 0.25) is 0 Å². The summed E-state index contributed by atoms with van der Waals surface area (Å²) in [5.74, 6) is -0.692. The largest absolute Gasteiger partial charge is 0.477 e. The van der Waals surface area contributed by atoms with Crippen LogP contribution in [0, 0.1) is 6.92 Å². The number of aromatic nitrogens is 1. The van der Waals surface area contributed by atoms with Gasteiger partial charge < -0.3 is 14.9 Å². The molecule has 0 atom stereocenters. The van der Waals surface area contributed by atoms with Crippen molar-refractivity contribution >= 4 is 23.2 Å². The Morgan fingerprint density at radius 1 is 1.44 bits per heavy atom. The summed E-state index contributed by atoms with van der Waals surface area (Å²) < 4.78 is 4.86. The van der Waals surface area contributed by atoms with Gasteiger partial charge in [0.1, 0.15) is 16.3 Å². The maximum atomic E-state index is 11.7. The highest BCUT2D eigenvalue weighted by molar-refractivity contribution is 7.15. The lowest BCUT2D eigenvalue weighted by Gasteiger charge is -1.99. The molecule has 0 spiro atoms. The molecule has 18 heavy (non-hydrogen) atoms. The number of thiophene rings is 1. The number of rotatable bonds is 4. The van der Waals surface area contributed by atoms with Crippen LogP contribution in [0.5, 0.6) is 0 Å². The van der Waals surface area contributed by atoms with Crippen molar-refractivity contribution in [1.82, 2.24) is 10.5 Å². The molecular weight excluding hydrogens is 256 g/mol. The van der Waals surface area contributed by atoms with Gasteiger partial charge in [0.25, 0.3) is 5.91 Å². The molecule has 0 saturated carbocycles. The van der Waals surface area contributed by atoms with Crippen molar-refractivity contribution in [2.75, 3.05) is 0 Å². The predicted molar refractivity (Wildman–Crippen MR) is 63.7 cm³/mol. The zero-order valence-corrected chi connectivity index (χ0v) is 10.3. The number of hydrogen-bond donors (Lipinski definition) is 2. The van der Waals surface area contributed by atoms with Crippen LogP contribution >= 0.6 is 11.3 Å². The molecule has 0 bridgehead atoms. The van der Waals surface area contributed by atoms with E-state index in [9.17, 15) is 9.59 Å². The maximum absolute atomic E-state index is 11.7. The smallest absolute Gasteiger partial charge is 0.345 e. The van der Waals surface area contributed by atoms with Crippen LogP contribution in [-0.4, -0.2) is 22.1 Å². The zero-order chi connectivity index (χ0) is 13.1. The topological polar surface area (TPSA) is 92.4 Å². The van der Waals surface area contributed by atoms with Gasteiger partial charge in [0.2, 0.25) is 0 Å². The minimum absolute atomic E-state index is 0.137. The van der Waals surface area contributed by atoms with Crippen molar-refractivity contribution in [2.24, 2.45) is 0 Å². The Bertz CT molecular complexity index is 587. The van der Waals surface area contributed by atoms with Gasteiger partial charge in [0, 0.05) is 6.07 Å². The number of carboxylic acids is 1. The molecule has 2 aromatic rings. The number of carbonyl (C=O) groups is 2. The van der Waals surface area contributed by atoms with E-state index in [4.69, 9.17) is 9.63 Å². The first-order chi connectivity index (χ1) is 8.56. The number of hydrogen-bond acceptors (Lipinski definition) is 5. The fourth-order valence-corrected chi connectivity index (χ4v) is 2.10. The van der Waals surface area contributed by atoms with E-state index >= 15 is 0 Å². The van der Waals surface area contributed by atoms with E-state index in [1.165, 1.54) is 12.1 Å². The van der Waals surface area contributed by atoms with Gasteiger partial charge in [-0.2, -0.15) is 0 Å². The SMILES string of the molecule is Cc1cc(CNC(=O)c2ccc(C(=O)O)s2)no1. The summed E-state index contributed by atoms with van der Waals surface area (Å²) in [6, 6.07) is 4.61. The van der Waals surface area contributed by atoms with Crippen LogP contribution in [0.1, 0.15) is 30.8 Å². The third kappa shape index (κ3) is 2.75. The lowest BCUT2D eigenvalue weighted by Crippen LogP contribution is -2.21. The van der Waals surface area contributed by atoms with E-state index in [2.05, 4.69) is 10.5 Å². The Hall–Kier alpha value is -2.15. The standard InChI is InChI=1S/C11H10N2O4S/c1-6-4-7(13-17-6)5-12-10(14)8-2-3-9(18-8)11(15)16/h2-4H,5H2,1H3,(H,12,14)(H,15,16). The van der Waals surface area contributed by atoms with Crippen LogP contribution in [0.3, 0.4) is 0 Å². The Kier molecular flexibility index (Phi) is 3.42. The number of nitrogens with one attached hydrogen (secondary N) is 1. The number of carbonyl (C=O) groups excluding carboxylic acids is 1. The van der Waals surface area contributed by atoms with Crippen LogP contribution in [0.4, 0.5) is 0 Å². The molecule has 0 fully saturated rings. The summed E-state index contributed by atoms with van der Waals surface area (Å²) in [5, 5.41) is 15.1. The molecule has 2 aromatic heterocycles. The van der Waals surface area contributed by atoms with E-state index < -0.39 is 5.97 Å². The van der Waals surface area contributed by atoms with Crippen molar-refractivity contribution in [3.63, 3.8) is 0 Å². The van der Waals surface area contributed by atoms with Crippen LogP contribution < -0.4 is 5.32 Å². The number of aromatic carboxylic acids is 1. The van der Waals surface area contributed by atoms with Gasteiger partial charge in [-0.25, -0.2) is 4.79 Å². The van der Waals surface area contributed by atoms with Crippen molar-refractivity contribution in [3.05, 3.63) is 39.4 Å². The minimum Gasteiger partial charge on any atom is -0.477 e. The first kappa shape index (κ1) is 12.3. The molecule has 94 valence electrons. The third-order valence-electron chi connectivity index (χ3n) is 2.15. The summed E-state index contributed by atoms with van der Waals surface area (Å²) in [6.45, 7) is 2.01. The number of nitrogens with zero attached hydrogens (tertiary/aromatic N) is 1. The second-order valence-corrected chi connectivity index (χ2v) is 4.66. The molecular formula is C11H10N2O4S. The van der Waals surface area contributed by atoms with Crippen molar-refractivity contribution in [3.8, 4) is 0 Å². The maximum Gasteiger partial charge on any atom is 0.345 e. The van der Waals surface area contributed by atoms with E-state index in [1.807, 2.05) is 0 Å². The molecule has 6 nitrogen and oxygen atoms in total. The lowest BCUT2D eigenvalue weighted by atomic mass is 10.3. The van der Waals surface area contributed by atoms with Crippen LogP contribution in [-0.2, 0) is 6.54 Å². The number of carboxylic acid groups (broad SMARTS) is 1. The minimum atomic E-state index is -1.04. The third-order valence-corrected chi connectivity index (χ3v) is 3.22. The molecule has 0 aliphatic heterocycles. The highest BCUT2D eigenvalue weighted by Gasteiger charge is 2.13. The second-order valence-electron chi connectivity index (χ2n) is 3.58. The van der Waals surface area contributed by atoms with Crippen molar-refractivity contribution in [1.29, 1.82) is 0 Å². The quantitative estimate of drug-likeness (QED) is 0.878. The van der Waals surface area contributed by atoms with Crippen LogP contribution in [0.15, 0.2) is 22.7 Å². The second kappa shape index (κ2) is 5.01. The number of aryl methyl sites for hydroxylation is 1. The summed E-state index contributed by atoms with van der Waals surface area (Å²) in [4.78, 5) is 22.9. The Balaban J connectivity index is 1.97. The first-order valence-corrected chi connectivity index (χ1v) is 5.91. The van der Waals surface area contributed by atoms with E-state index in [-0.39, 0.29) is 17.3 Å². The molecule has 0 unspecified atom stereocenters. The molecule has 2 N–H and O–H groups in total. The van der Waals surface area contributed by atoms with E-state index in [1.54, 1.807) is 13.0 Å². The lowest BCUT2D eigenvalue weighted by molar-refractivity contribution is 0.0702. The monoisotopic (exact) mass is 266 g/mol. The van der Waals surface area contributed by atoms with Gasteiger partial charge in [-0.15, -0.1) is 11.3 Å². The van der Waals surface area contributed by atoms with Gasteiger partial charge in [-0.3, -0.25) is 4.79 Å². The average molecular weight is 266 g/mol. The van der Waals surface area contributed by atoms with Crippen molar-refractivity contribution in [2.45, 2.75) is 13.5 Å². The predicted octanol–water partition coefficient (Wildman–Crippen LogP) is 1.67. The molecule has 7 heteroatoms.